The number of allylic oxidation sites excluding steroid dienone is 5. The third kappa shape index (κ3) is 6.08. The zero-order chi connectivity index (χ0) is 24.5. The van der Waals surface area contributed by atoms with E-state index in [-0.39, 0.29) is 0 Å². The van der Waals surface area contributed by atoms with Crippen LogP contribution in [0.2, 0.25) is 0 Å². The summed E-state index contributed by atoms with van der Waals surface area (Å²) in [6.45, 7) is 10.7. The summed E-state index contributed by atoms with van der Waals surface area (Å²) < 4.78 is 11.4. The van der Waals surface area contributed by atoms with Crippen molar-refractivity contribution in [2.45, 2.75) is 13.8 Å². The van der Waals surface area contributed by atoms with Crippen LogP contribution in [0.15, 0.2) is 121 Å². The van der Waals surface area contributed by atoms with Gasteiger partial charge in [0.2, 0.25) is 0 Å². The van der Waals surface area contributed by atoms with E-state index in [2.05, 4.69) is 13.2 Å². The third-order valence-corrected chi connectivity index (χ3v) is 4.99. The van der Waals surface area contributed by atoms with Crippen molar-refractivity contribution in [3.63, 3.8) is 0 Å². The lowest BCUT2D eigenvalue weighted by atomic mass is 10.1. The molecular weight excluding hydrogens is 424 g/mol. The number of esters is 2. The van der Waals surface area contributed by atoms with Gasteiger partial charge in [-0.1, -0.05) is 86.0 Å². The Balaban J connectivity index is 1.91. The Labute approximate surface area is 199 Å². The normalized spacial score (nSPS) is 12.2. The standard InChI is InChI=1S/C30H26O4/c1-5-12-23(6-2)19-21(3)29(31)33-26-17-10-15-25-16-11-18-27(28(25)26)34-30(32)22(4)20-24-13-8-7-9-14-24/h5-20H,1-2H2,3-4H3/b21-19+,22-20+,23-12+. The molecule has 0 N–H and O–H groups in total. The van der Waals surface area contributed by atoms with Gasteiger partial charge in [0.05, 0.1) is 5.39 Å². The van der Waals surface area contributed by atoms with Gasteiger partial charge >= 0.3 is 11.9 Å². The van der Waals surface area contributed by atoms with Gasteiger partial charge in [0, 0.05) is 11.1 Å². The van der Waals surface area contributed by atoms with E-state index < -0.39 is 11.9 Å². The third-order valence-electron chi connectivity index (χ3n) is 4.99. The van der Waals surface area contributed by atoms with Gasteiger partial charge in [-0.15, -0.1) is 0 Å². The van der Waals surface area contributed by atoms with Crippen LogP contribution in [0.25, 0.3) is 16.8 Å². The molecule has 0 unspecified atom stereocenters. The minimum atomic E-state index is -0.523. The minimum absolute atomic E-state index is 0.302. The molecule has 3 aromatic rings. The molecule has 0 saturated heterocycles. The van der Waals surface area contributed by atoms with Crippen molar-refractivity contribution in [1.82, 2.24) is 0 Å². The highest BCUT2D eigenvalue weighted by Crippen LogP contribution is 2.35. The highest BCUT2D eigenvalue weighted by Gasteiger charge is 2.16. The van der Waals surface area contributed by atoms with Crippen molar-refractivity contribution in [2.75, 3.05) is 0 Å². The van der Waals surface area contributed by atoms with Crippen molar-refractivity contribution in [1.29, 1.82) is 0 Å². The lowest BCUT2D eigenvalue weighted by Gasteiger charge is -2.12. The summed E-state index contributed by atoms with van der Waals surface area (Å²) >= 11 is 0. The molecule has 0 atom stereocenters. The fraction of sp³-hybridized carbons (Fsp3) is 0.0667. The molecule has 0 heterocycles. The average molecular weight is 451 g/mol. The second kappa shape index (κ2) is 11.4. The van der Waals surface area contributed by atoms with E-state index >= 15 is 0 Å². The molecule has 34 heavy (non-hydrogen) atoms. The van der Waals surface area contributed by atoms with Gasteiger partial charge in [0.1, 0.15) is 11.5 Å². The van der Waals surface area contributed by atoms with Crippen LogP contribution in [0.3, 0.4) is 0 Å². The first-order valence-corrected chi connectivity index (χ1v) is 10.8. The van der Waals surface area contributed by atoms with Crippen LogP contribution in [0.5, 0.6) is 11.5 Å². The molecule has 0 aliphatic rings. The zero-order valence-corrected chi connectivity index (χ0v) is 19.3. The Bertz CT molecular complexity index is 1320. The number of hydrogen-bond donors (Lipinski definition) is 0. The number of carbonyl (C=O) groups is 2. The molecule has 3 rings (SSSR count). The Hall–Kier alpha value is -4.44. The average Bonchev–Trinajstić information content (AvgIpc) is 2.84. The van der Waals surface area contributed by atoms with Crippen LogP contribution in [-0.2, 0) is 9.59 Å². The molecule has 4 heteroatoms. The van der Waals surface area contributed by atoms with Gasteiger partial charge in [-0.3, -0.25) is 0 Å². The number of benzene rings is 3. The van der Waals surface area contributed by atoms with Crippen molar-refractivity contribution in [3.05, 3.63) is 126 Å². The summed E-state index contributed by atoms with van der Waals surface area (Å²) in [6, 6.07) is 20.2. The Morgan fingerprint density at radius 3 is 1.91 bits per heavy atom. The Morgan fingerprint density at radius 2 is 1.35 bits per heavy atom. The van der Waals surface area contributed by atoms with Crippen LogP contribution >= 0.6 is 0 Å². The van der Waals surface area contributed by atoms with Crippen LogP contribution in [0.1, 0.15) is 19.4 Å². The van der Waals surface area contributed by atoms with Gasteiger partial charge in [-0.2, -0.15) is 0 Å². The second-order valence-electron chi connectivity index (χ2n) is 7.56. The molecule has 0 radical (unpaired) electrons. The Morgan fingerprint density at radius 1 is 0.765 bits per heavy atom. The van der Waals surface area contributed by atoms with Crippen molar-refractivity contribution in [3.8, 4) is 11.5 Å². The molecule has 170 valence electrons. The zero-order valence-electron chi connectivity index (χ0n) is 19.3. The van der Waals surface area contributed by atoms with E-state index in [1.54, 1.807) is 68.5 Å². The lowest BCUT2D eigenvalue weighted by molar-refractivity contribution is -0.130. The summed E-state index contributed by atoms with van der Waals surface area (Å²) in [5.41, 5.74) is 2.47. The molecule has 4 nitrogen and oxygen atoms in total. The van der Waals surface area contributed by atoms with E-state index in [0.29, 0.717) is 28.0 Å². The maximum Gasteiger partial charge on any atom is 0.339 e. The largest absolute Gasteiger partial charge is 0.422 e. The highest BCUT2D eigenvalue weighted by atomic mass is 16.5. The molecule has 0 amide bonds. The summed E-state index contributed by atoms with van der Waals surface area (Å²) in [5.74, 6) is -0.396. The van der Waals surface area contributed by atoms with E-state index in [0.717, 1.165) is 16.5 Å². The first-order valence-electron chi connectivity index (χ1n) is 10.8. The van der Waals surface area contributed by atoms with Crippen molar-refractivity contribution in [2.24, 2.45) is 0 Å². The molecule has 3 aromatic carbocycles. The van der Waals surface area contributed by atoms with Crippen LogP contribution in [0.4, 0.5) is 0 Å². The van der Waals surface area contributed by atoms with E-state index in [1.807, 2.05) is 42.5 Å². The summed E-state index contributed by atoms with van der Waals surface area (Å²) in [5, 5.41) is 1.32. The fourth-order valence-electron chi connectivity index (χ4n) is 3.28. The summed E-state index contributed by atoms with van der Waals surface area (Å²) in [7, 11) is 0. The molecule has 0 aliphatic heterocycles. The van der Waals surface area contributed by atoms with Crippen LogP contribution in [-0.4, -0.2) is 11.9 Å². The fourth-order valence-corrected chi connectivity index (χ4v) is 3.28. The molecule has 0 aliphatic carbocycles. The molecular formula is C30H26O4. The number of hydrogen-bond acceptors (Lipinski definition) is 4. The minimum Gasteiger partial charge on any atom is -0.422 e. The first kappa shape index (κ1) is 24.2. The van der Waals surface area contributed by atoms with Crippen LogP contribution < -0.4 is 9.47 Å². The van der Waals surface area contributed by atoms with Gasteiger partial charge in [-0.25, -0.2) is 9.59 Å². The maximum atomic E-state index is 12.8. The van der Waals surface area contributed by atoms with Gasteiger partial charge in [0.25, 0.3) is 0 Å². The van der Waals surface area contributed by atoms with Gasteiger partial charge in [-0.05, 0) is 54.7 Å². The van der Waals surface area contributed by atoms with E-state index in [4.69, 9.17) is 9.47 Å². The van der Waals surface area contributed by atoms with Crippen molar-refractivity contribution >= 4 is 28.8 Å². The summed E-state index contributed by atoms with van der Waals surface area (Å²) in [6.07, 6.45) is 8.41. The SMILES string of the molecule is C=C/C=C(C=C)/C=C(\C)C(=O)Oc1cccc2cccc(OC(=O)/C(C)=C/c3ccccc3)c12. The molecule has 0 spiro atoms. The molecule has 0 bridgehead atoms. The van der Waals surface area contributed by atoms with E-state index in [9.17, 15) is 9.59 Å². The van der Waals surface area contributed by atoms with E-state index in [1.165, 1.54) is 0 Å². The van der Waals surface area contributed by atoms with Crippen molar-refractivity contribution < 1.29 is 19.1 Å². The highest BCUT2D eigenvalue weighted by molar-refractivity contribution is 6.01. The second-order valence-corrected chi connectivity index (χ2v) is 7.56. The predicted octanol–water partition coefficient (Wildman–Crippen LogP) is 7.00. The van der Waals surface area contributed by atoms with Gasteiger partial charge in [0.15, 0.2) is 0 Å². The summed E-state index contributed by atoms with van der Waals surface area (Å²) in [4.78, 5) is 25.5. The van der Waals surface area contributed by atoms with Gasteiger partial charge < -0.3 is 9.47 Å². The Kier molecular flexibility index (Phi) is 8.14. The lowest BCUT2D eigenvalue weighted by Crippen LogP contribution is -2.11. The molecule has 0 aromatic heterocycles. The number of carbonyl (C=O) groups excluding carboxylic acids is 2. The molecule has 0 fully saturated rings. The van der Waals surface area contributed by atoms with Crippen LogP contribution in [0, 0.1) is 0 Å². The number of fused-ring (bicyclic) bond motifs is 1. The quantitative estimate of drug-likeness (QED) is 0.160. The number of rotatable bonds is 8. The molecule has 0 saturated carbocycles. The predicted molar refractivity (Wildman–Crippen MR) is 138 cm³/mol. The first-order chi connectivity index (χ1) is 16.4. The topological polar surface area (TPSA) is 52.6 Å². The monoisotopic (exact) mass is 450 g/mol. The number of ether oxygens (including phenoxy) is 2. The smallest absolute Gasteiger partial charge is 0.339 e. The maximum absolute atomic E-state index is 12.8.